The van der Waals surface area contributed by atoms with Gasteiger partial charge in [-0.1, -0.05) is 13.8 Å². The van der Waals surface area contributed by atoms with Crippen molar-refractivity contribution in [3.8, 4) is 0 Å². The first-order valence-corrected chi connectivity index (χ1v) is 7.05. The topological polar surface area (TPSA) is 0 Å². The predicted molar refractivity (Wildman–Crippen MR) is 63.8 cm³/mol. The standard InChI is InChI=1S/C11H21ClS/c1-3-13-7-6-10-8-9(2)4-5-11(10)12/h9-11H,3-8H2,1-2H3. The van der Waals surface area contributed by atoms with Crippen molar-refractivity contribution < 1.29 is 0 Å². The Morgan fingerprint density at radius 2 is 2.15 bits per heavy atom. The zero-order chi connectivity index (χ0) is 9.68. The Morgan fingerprint density at radius 3 is 2.85 bits per heavy atom. The molecule has 0 nitrogen and oxygen atoms in total. The Labute approximate surface area is 91.8 Å². The fourth-order valence-electron chi connectivity index (χ4n) is 2.14. The molecular formula is C11H21ClS. The Morgan fingerprint density at radius 1 is 1.38 bits per heavy atom. The molecule has 1 fully saturated rings. The molecule has 3 unspecified atom stereocenters. The van der Waals surface area contributed by atoms with Crippen LogP contribution in [-0.2, 0) is 0 Å². The summed E-state index contributed by atoms with van der Waals surface area (Å²) in [4.78, 5) is 0. The molecule has 1 saturated carbocycles. The first kappa shape index (κ1) is 11.7. The van der Waals surface area contributed by atoms with Gasteiger partial charge in [-0.3, -0.25) is 0 Å². The van der Waals surface area contributed by atoms with E-state index in [0.717, 1.165) is 11.8 Å². The average Bonchev–Trinajstić information content (AvgIpc) is 2.11. The summed E-state index contributed by atoms with van der Waals surface area (Å²) >= 11 is 8.36. The van der Waals surface area contributed by atoms with Crippen LogP contribution in [0.3, 0.4) is 0 Å². The zero-order valence-corrected chi connectivity index (χ0v) is 10.3. The molecule has 1 rings (SSSR count). The van der Waals surface area contributed by atoms with Crippen molar-refractivity contribution in [2.75, 3.05) is 11.5 Å². The van der Waals surface area contributed by atoms with Crippen molar-refractivity contribution >= 4 is 23.4 Å². The van der Waals surface area contributed by atoms with Crippen LogP contribution in [0.5, 0.6) is 0 Å². The summed E-state index contributed by atoms with van der Waals surface area (Å²) in [5.74, 6) is 4.25. The maximum Gasteiger partial charge on any atom is 0.0364 e. The highest BCUT2D eigenvalue weighted by atomic mass is 35.5. The van der Waals surface area contributed by atoms with E-state index in [0.29, 0.717) is 5.38 Å². The monoisotopic (exact) mass is 220 g/mol. The number of hydrogen-bond donors (Lipinski definition) is 0. The SMILES string of the molecule is CCSCCC1CC(C)CCC1Cl. The molecule has 0 heterocycles. The summed E-state index contributed by atoms with van der Waals surface area (Å²) in [5, 5.41) is 0.466. The van der Waals surface area contributed by atoms with Gasteiger partial charge in [-0.2, -0.15) is 11.8 Å². The Bertz CT molecular complexity index is 138. The lowest BCUT2D eigenvalue weighted by atomic mass is 9.81. The molecule has 2 heteroatoms. The summed E-state index contributed by atoms with van der Waals surface area (Å²) < 4.78 is 0. The van der Waals surface area contributed by atoms with Gasteiger partial charge in [0.15, 0.2) is 0 Å². The lowest BCUT2D eigenvalue weighted by Crippen LogP contribution is -2.24. The average molecular weight is 221 g/mol. The highest BCUT2D eigenvalue weighted by Crippen LogP contribution is 2.34. The maximum atomic E-state index is 6.32. The first-order chi connectivity index (χ1) is 6.24. The summed E-state index contributed by atoms with van der Waals surface area (Å²) in [7, 11) is 0. The van der Waals surface area contributed by atoms with E-state index in [-0.39, 0.29) is 0 Å². The van der Waals surface area contributed by atoms with E-state index < -0.39 is 0 Å². The minimum atomic E-state index is 0.466. The number of halogens is 1. The molecule has 0 amide bonds. The number of rotatable bonds is 4. The quantitative estimate of drug-likeness (QED) is 0.506. The van der Waals surface area contributed by atoms with Crippen LogP contribution >= 0.6 is 23.4 Å². The van der Waals surface area contributed by atoms with Crippen LogP contribution in [0.2, 0.25) is 0 Å². The molecule has 0 saturated heterocycles. The third-order valence-electron chi connectivity index (χ3n) is 2.99. The molecule has 13 heavy (non-hydrogen) atoms. The lowest BCUT2D eigenvalue weighted by molar-refractivity contribution is 0.284. The van der Waals surface area contributed by atoms with Crippen molar-refractivity contribution in [3.05, 3.63) is 0 Å². The van der Waals surface area contributed by atoms with Gasteiger partial charge in [0.1, 0.15) is 0 Å². The Balaban J connectivity index is 2.21. The summed E-state index contributed by atoms with van der Waals surface area (Å²) in [6.45, 7) is 4.59. The molecule has 0 aliphatic heterocycles. The summed E-state index contributed by atoms with van der Waals surface area (Å²) in [5.41, 5.74) is 0. The predicted octanol–water partition coefficient (Wildman–Crippen LogP) is 4.17. The van der Waals surface area contributed by atoms with E-state index in [1.807, 2.05) is 11.8 Å². The van der Waals surface area contributed by atoms with E-state index in [4.69, 9.17) is 11.6 Å². The second-order valence-electron chi connectivity index (χ2n) is 4.18. The van der Waals surface area contributed by atoms with Crippen LogP contribution in [0.25, 0.3) is 0 Å². The summed E-state index contributed by atoms with van der Waals surface area (Å²) in [6.07, 6.45) is 5.27. The minimum absolute atomic E-state index is 0.466. The van der Waals surface area contributed by atoms with Gasteiger partial charge >= 0.3 is 0 Å². The van der Waals surface area contributed by atoms with E-state index >= 15 is 0 Å². The lowest BCUT2D eigenvalue weighted by Gasteiger charge is -2.31. The van der Waals surface area contributed by atoms with E-state index in [9.17, 15) is 0 Å². The van der Waals surface area contributed by atoms with Gasteiger partial charge in [-0.25, -0.2) is 0 Å². The molecule has 0 aromatic carbocycles. The molecule has 1 aliphatic carbocycles. The first-order valence-electron chi connectivity index (χ1n) is 5.45. The molecule has 0 aromatic heterocycles. The van der Waals surface area contributed by atoms with Gasteiger partial charge in [0.05, 0.1) is 0 Å². The largest absolute Gasteiger partial charge is 0.162 e. The fourth-order valence-corrected chi connectivity index (χ4v) is 3.25. The molecular weight excluding hydrogens is 200 g/mol. The third-order valence-corrected chi connectivity index (χ3v) is 4.50. The fraction of sp³-hybridized carbons (Fsp3) is 1.00. The van der Waals surface area contributed by atoms with Crippen LogP contribution in [0.4, 0.5) is 0 Å². The second kappa shape index (κ2) is 6.19. The molecule has 78 valence electrons. The van der Waals surface area contributed by atoms with Crippen LogP contribution in [0.1, 0.15) is 39.5 Å². The van der Waals surface area contributed by atoms with Gasteiger partial charge < -0.3 is 0 Å². The molecule has 1 aliphatic rings. The highest BCUT2D eigenvalue weighted by Gasteiger charge is 2.26. The second-order valence-corrected chi connectivity index (χ2v) is 6.13. The van der Waals surface area contributed by atoms with Crippen molar-refractivity contribution in [2.24, 2.45) is 11.8 Å². The van der Waals surface area contributed by atoms with Crippen molar-refractivity contribution in [1.82, 2.24) is 0 Å². The Kier molecular flexibility index (Phi) is 5.57. The number of hydrogen-bond acceptors (Lipinski definition) is 1. The molecule has 0 spiro atoms. The highest BCUT2D eigenvalue weighted by molar-refractivity contribution is 7.99. The molecule has 0 radical (unpaired) electrons. The molecule has 3 atom stereocenters. The van der Waals surface area contributed by atoms with Crippen LogP contribution in [0.15, 0.2) is 0 Å². The minimum Gasteiger partial charge on any atom is -0.162 e. The van der Waals surface area contributed by atoms with Crippen LogP contribution in [0, 0.1) is 11.8 Å². The van der Waals surface area contributed by atoms with Crippen molar-refractivity contribution in [1.29, 1.82) is 0 Å². The van der Waals surface area contributed by atoms with E-state index in [1.54, 1.807) is 0 Å². The van der Waals surface area contributed by atoms with Gasteiger partial charge in [0.25, 0.3) is 0 Å². The molecule has 0 aromatic rings. The van der Waals surface area contributed by atoms with Gasteiger partial charge in [-0.15, -0.1) is 11.6 Å². The number of thioether (sulfide) groups is 1. The molecule has 0 N–H and O–H groups in total. The number of alkyl halides is 1. The normalized spacial score (nSPS) is 34.8. The van der Waals surface area contributed by atoms with Gasteiger partial charge in [0, 0.05) is 5.38 Å². The van der Waals surface area contributed by atoms with Crippen LogP contribution < -0.4 is 0 Å². The summed E-state index contributed by atoms with van der Waals surface area (Å²) in [6, 6.07) is 0. The maximum absolute atomic E-state index is 6.32. The van der Waals surface area contributed by atoms with Gasteiger partial charge in [-0.05, 0) is 49.0 Å². The van der Waals surface area contributed by atoms with Crippen molar-refractivity contribution in [2.45, 2.75) is 44.9 Å². The smallest absolute Gasteiger partial charge is 0.0364 e. The third kappa shape index (κ3) is 4.12. The van der Waals surface area contributed by atoms with E-state index in [1.165, 1.54) is 37.2 Å². The molecule has 0 bridgehead atoms. The van der Waals surface area contributed by atoms with Crippen LogP contribution in [-0.4, -0.2) is 16.9 Å². The zero-order valence-electron chi connectivity index (χ0n) is 8.76. The van der Waals surface area contributed by atoms with E-state index in [2.05, 4.69) is 13.8 Å². The Hall–Kier alpha value is 0.640. The van der Waals surface area contributed by atoms with Gasteiger partial charge in [0.2, 0.25) is 0 Å². The van der Waals surface area contributed by atoms with Crippen molar-refractivity contribution in [3.63, 3.8) is 0 Å².